The van der Waals surface area contributed by atoms with Crippen LogP contribution in [-0.2, 0) is 0 Å². The van der Waals surface area contributed by atoms with Crippen LogP contribution in [0.2, 0.25) is 0 Å². The summed E-state index contributed by atoms with van der Waals surface area (Å²) >= 11 is 0. The van der Waals surface area contributed by atoms with Crippen molar-refractivity contribution in [1.29, 1.82) is 0 Å². The molecule has 1 aliphatic rings. The normalized spacial score (nSPS) is 17.9. The summed E-state index contributed by atoms with van der Waals surface area (Å²) in [6.45, 7) is 13.2. The number of amides is 1. The highest BCUT2D eigenvalue weighted by Gasteiger charge is 2.27. The molecular weight excluding hydrogens is 470 g/mol. The van der Waals surface area contributed by atoms with Gasteiger partial charge in [-0.25, -0.2) is 4.98 Å². The number of rotatable bonds is 8. The monoisotopic (exact) mass is 515 g/mol. The molecule has 1 fully saturated rings. The van der Waals surface area contributed by atoms with Crippen LogP contribution < -0.4 is 15.5 Å². The second-order valence-corrected chi connectivity index (χ2v) is 12.0. The van der Waals surface area contributed by atoms with Crippen LogP contribution in [0, 0.1) is 0 Å². The van der Waals surface area contributed by atoms with Gasteiger partial charge >= 0.3 is 0 Å². The molecule has 38 heavy (non-hydrogen) atoms. The molecule has 4 rings (SSSR count). The highest BCUT2D eigenvalue weighted by Crippen LogP contribution is 2.33. The Morgan fingerprint density at radius 3 is 1.97 bits per heavy atom. The van der Waals surface area contributed by atoms with Crippen molar-refractivity contribution < 1.29 is 4.79 Å². The van der Waals surface area contributed by atoms with E-state index in [0.29, 0.717) is 29.7 Å². The fourth-order valence-corrected chi connectivity index (χ4v) is 5.51. The molecule has 6 nitrogen and oxygen atoms in total. The van der Waals surface area contributed by atoms with E-state index in [1.54, 1.807) is 0 Å². The quantitative estimate of drug-likeness (QED) is 0.331. The Kier molecular flexibility index (Phi) is 8.59. The van der Waals surface area contributed by atoms with E-state index >= 15 is 0 Å². The number of carbonyl (C=O) groups is 1. The van der Waals surface area contributed by atoms with E-state index in [1.165, 1.54) is 5.56 Å². The SMILES string of the molecule is CC(C)c1cc(C(C)C)c(C(=O)NC2CCC(Nc3nc(N(C)C)c4ccccc4n3)CC2)c(C(C)C)c1. The average molecular weight is 516 g/mol. The van der Waals surface area contributed by atoms with Gasteiger partial charge in [-0.1, -0.05) is 65.8 Å². The van der Waals surface area contributed by atoms with Gasteiger partial charge in [0, 0.05) is 37.1 Å². The Bertz CT molecular complexity index is 1240. The minimum absolute atomic E-state index is 0.0811. The molecule has 1 amide bonds. The number of nitrogens with zero attached hydrogens (tertiary/aromatic N) is 3. The van der Waals surface area contributed by atoms with Gasteiger partial charge in [0.2, 0.25) is 5.95 Å². The molecule has 6 heteroatoms. The Labute approximate surface area is 228 Å². The molecule has 1 heterocycles. The van der Waals surface area contributed by atoms with Crippen molar-refractivity contribution in [2.75, 3.05) is 24.3 Å². The number of hydrogen-bond donors (Lipinski definition) is 2. The predicted octanol–water partition coefficient (Wildman–Crippen LogP) is 7.22. The maximum atomic E-state index is 13.7. The Balaban J connectivity index is 1.45. The van der Waals surface area contributed by atoms with E-state index in [1.807, 2.05) is 37.2 Å². The van der Waals surface area contributed by atoms with Gasteiger partial charge in [-0.05, 0) is 72.3 Å². The van der Waals surface area contributed by atoms with Crippen molar-refractivity contribution >= 4 is 28.6 Å². The lowest BCUT2D eigenvalue weighted by molar-refractivity contribution is 0.0924. The van der Waals surface area contributed by atoms with Crippen LogP contribution in [0.15, 0.2) is 36.4 Å². The molecule has 2 N–H and O–H groups in total. The smallest absolute Gasteiger partial charge is 0.252 e. The molecule has 1 aromatic heterocycles. The van der Waals surface area contributed by atoms with Crippen LogP contribution in [0.3, 0.4) is 0 Å². The Morgan fingerprint density at radius 1 is 0.842 bits per heavy atom. The third kappa shape index (κ3) is 6.11. The number of fused-ring (bicyclic) bond motifs is 1. The summed E-state index contributed by atoms with van der Waals surface area (Å²) in [5.74, 6) is 2.70. The zero-order chi connectivity index (χ0) is 27.6. The number of aromatic nitrogens is 2. The first-order chi connectivity index (χ1) is 18.0. The topological polar surface area (TPSA) is 70.2 Å². The number of benzene rings is 2. The van der Waals surface area contributed by atoms with Gasteiger partial charge in [0.25, 0.3) is 5.91 Å². The van der Waals surface area contributed by atoms with Crippen LogP contribution in [0.5, 0.6) is 0 Å². The van der Waals surface area contributed by atoms with E-state index in [2.05, 4.69) is 70.4 Å². The predicted molar refractivity (Wildman–Crippen MR) is 160 cm³/mol. The summed E-state index contributed by atoms with van der Waals surface area (Å²) in [5, 5.41) is 8.03. The molecule has 0 unspecified atom stereocenters. The van der Waals surface area contributed by atoms with Gasteiger partial charge in [0.15, 0.2) is 0 Å². The van der Waals surface area contributed by atoms with Crippen LogP contribution in [-0.4, -0.2) is 42.1 Å². The minimum atomic E-state index is 0.0811. The summed E-state index contributed by atoms with van der Waals surface area (Å²) < 4.78 is 0. The summed E-state index contributed by atoms with van der Waals surface area (Å²) in [5.41, 5.74) is 5.48. The third-order valence-corrected chi connectivity index (χ3v) is 7.76. The Morgan fingerprint density at radius 2 is 1.42 bits per heavy atom. The largest absolute Gasteiger partial charge is 0.362 e. The van der Waals surface area contributed by atoms with Crippen molar-refractivity contribution in [1.82, 2.24) is 15.3 Å². The number of para-hydroxylation sites is 1. The first-order valence-electron chi connectivity index (χ1n) is 14.2. The van der Waals surface area contributed by atoms with Crippen LogP contribution >= 0.6 is 0 Å². The lowest BCUT2D eigenvalue weighted by atomic mass is 9.83. The van der Waals surface area contributed by atoms with Gasteiger partial charge in [0.1, 0.15) is 5.82 Å². The molecule has 3 aromatic rings. The highest BCUT2D eigenvalue weighted by molar-refractivity contribution is 5.98. The van der Waals surface area contributed by atoms with Crippen LogP contribution in [0.25, 0.3) is 10.9 Å². The van der Waals surface area contributed by atoms with Crippen molar-refractivity contribution in [2.24, 2.45) is 0 Å². The molecule has 0 bridgehead atoms. The summed E-state index contributed by atoms with van der Waals surface area (Å²) in [7, 11) is 4.02. The van der Waals surface area contributed by atoms with Crippen LogP contribution in [0.1, 0.15) is 112 Å². The lowest BCUT2D eigenvalue weighted by Gasteiger charge is -2.31. The number of anilines is 2. The van der Waals surface area contributed by atoms with Crippen molar-refractivity contribution in [3.63, 3.8) is 0 Å². The average Bonchev–Trinajstić information content (AvgIpc) is 2.88. The van der Waals surface area contributed by atoms with E-state index in [4.69, 9.17) is 9.97 Å². The number of carbonyl (C=O) groups excluding carboxylic acids is 1. The van der Waals surface area contributed by atoms with Gasteiger partial charge in [-0.3, -0.25) is 4.79 Å². The molecule has 0 saturated heterocycles. The summed E-state index contributed by atoms with van der Waals surface area (Å²) in [4.78, 5) is 25.3. The molecule has 2 aromatic carbocycles. The highest BCUT2D eigenvalue weighted by atomic mass is 16.1. The molecule has 1 saturated carbocycles. The van der Waals surface area contributed by atoms with E-state index < -0.39 is 0 Å². The second kappa shape index (κ2) is 11.7. The van der Waals surface area contributed by atoms with E-state index in [-0.39, 0.29) is 11.9 Å². The molecule has 0 radical (unpaired) electrons. The first kappa shape index (κ1) is 27.9. The maximum absolute atomic E-state index is 13.7. The second-order valence-electron chi connectivity index (χ2n) is 12.0. The molecule has 0 atom stereocenters. The van der Waals surface area contributed by atoms with Gasteiger partial charge in [-0.15, -0.1) is 0 Å². The molecule has 204 valence electrons. The fourth-order valence-electron chi connectivity index (χ4n) is 5.51. The van der Waals surface area contributed by atoms with Gasteiger partial charge in [0.05, 0.1) is 5.52 Å². The van der Waals surface area contributed by atoms with Crippen LogP contribution in [0.4, 0.5) is 11.8 Å². The van der Waals surface area contributed by atoms with Gasteiger partial charge < -0.3 is 15.5 Å². The Hall–Kier alpha value is -3.15. The molecule has 0 aliphatic heterocycles. The minimum Gasteiger partial charge on any atom is -0.362 e. The third-order valence-electron chi connectivity index (χ3n) is 7.76. The summed E-state index contributed by atoms with van der Waals surface area (Å²) in [6, 6.07) is 13.1. The van der Waals surface area contributed by atoms with E-state index in [0.717, 1.165) is 59.1 Å². The van der Waals surface area contributed by atoms with Crippen molar-refractivity contribution in [3.8, 4) is 0 Å². The maximum Gasteiger partial charge on any atom is 0.252 e. The van der Waals surface area contributed by atoms with Crippen molar-refractivity contribution in [2.45, 2.75) is 97.1 Å². The molecular formula is C32H45N5O. The number of nitrogens with one attached hydrogen (secondary N) is 2. The zero-order valence-electron chi connectivity index (χ0n) is 24.4. The lowest BCUT2D eigenvalue weighted by Crippen LogP contribution is -2.41. The number of hydrogen-bond acceptors (Lipinski definition) is 5. The van der Waals surface area contributed by atoms with Gasteiger partial charge in [-0.2, -0.15) is 4.98 Å². The molecule has 1 aliphatic carbocycles. The fraction of sp³-hybridized carbons (Fsp3) is 0.531. The van der Waals surface area contributed by atoms with E-state index in [9.17, 15) is 4.79 Å². The van der Waals surface area contributed by atoms with Crippen molar-refractivity contribution in [3.05, 3.63) is 58.7 Å². The summed E-state index contributed by atoms with van der Waals surface area (Å²) in [6.07, 6.45) is 3.82. The molecule has 0 spiro atoms. The zero-order valence-corrected chi connectivity index (χ0v) is 24.4. The first-order valence-corrected chi connectivity index (χ1v) is 14.2. The standard InChI is InChI=1S/C32H45N5O/c1-19(2)22-17-26(20(3)4)29(27(18-22)21(5)6)31(38)33-23-13-15-24(16-14-23)34-32-35-28-12-10-9-11-25(28)30(36-32)37(7)8/h9-12,17-21,23-24H,13-16H2,1-8H3,(H,33,38)(H,34,35,36).